The minimum Gasteiger partial charge on any atom is -0.396 e. The maximum absolute atomic E-state index is 13.0. The molecular formula is C16H26FN3O. The number of carbonyl (C=O) groups is 1. The van der Waals surface area contributed by atoms with Gasteiger partial charge in [-0.05, 0) is 50.7 Å². The summed E-state index contributed by atoms with van der Waals surface area (Å²) in [4.78, 5) is 14.2. The van der Waals surface area contributed by atoms with Gasteiger partial charge in [0.15, 0.2) is 0 Å². The molecule has 3 N–H and O–H groups in total. The van der Waals surface area contributed by atoms with Crippen LogP contribution in [-0.2, 0) is 4.79 Å². The van der Waals surface area contributed by atoms with E-state index in [4.69, 9.17) is 5.73 Å². The minimum atomic E-state index is -0.470. The van der Waals surface area contributed by atoms with Gasteiger partial charge in [-0.25, -0.2) is 4.39 Å². The number of carbonyl (C=O) groups excluding carboxylic acids is 1. The van der Waals surface area contributed by atoms with Crippen LogP contribution in [0, 0.1) is 5.82 Å². The van der Waals surface area contributed by atoms with Crippen LogP contribution in [-0.4, -0.2) is 30.4 Å². The van der Waals surface area contributed by atoms with Crippen molar-refractivity contribution in [3.05, 3.63) is 24.0 Å². The average Bonchev–Trinajstić information content (AvgIpc) is 2.46. The molecule has 0 atom stereocenters. The molecule has 1 amide bonds. The highest BCUT2D eigenvalue weighted by Crippen LogP contribution is 2.16. The normalized spacial score (nSPS) is 10.9. The zero-order chi connectivity index (χ0) is 15.7. The van der Waals surface area contributed by atoms with Crippen molar-refractivity contribution in [2.75, 3.05) is 30.7 Å². The number of unbranched alkanes of at least 4 members (excludes halogenated alkanes) is 1. The van der Waals surface area contributed by atoms with Crippen molar-refractivity contribution < 1.29 is 9.18 Å². The predicted octanol–water partition coefficient (Wildman–Crippen LogP) is 3.25. The van der Waals surface area contributed by atoms with Crippen molar-refractivity contribution in [1.29, 1.82) is 0 Å². The molecule has 0 bridgehead atoms. The zero-order valence-corrected chi connectivity index (χ0v) is 13.0. The van der Waals surface area contributed by atoms with Crippen LogP contribution in [0.4, 0.5) is 15.8 Å². The molecule has 0 aromatic heterocycles. The van der Waals surface area contributed by atoms with Gasteiger partial charge in [-0.15, -0.1) is 0 Å². The quantitative estimate of drug-likeness (QED) is 0.688. The van der Waals surface area contributed by atoms with E-state index in [0.29, 0.717) is 12.1 Å². The highest BCUT2D eigenvalue weighted by Gasteiger charge is 2.07. The fraction of sp³-hybridized carbons (Fsp3) is 0.562. The summed E-state index contributed by atoms with van der Waals surface area (Å²) in [5, 5.41) is 2.74. The summed E-state index contributed by atoms with van der Waals surface area (Å²) in [5.74, 6) is -0.532. The lowest BCUT2D eigenvalue weighted by Gasteiger charge is -2.19. The Balaban J connectivity index is 2.31. The zero-order valence-electron chi connectivity index (χ0n) is 13.0. The van der Waals surface area contributed by atoms with Crippen molar-refractivity contribution in [2.45, 2.75) is 39.5 Å². The smallest absolute Gasteiger partial charge is 0.224 e. The molecular weight excluding hydrogens is 269 g/mol. The summed E-state index contributed by atoms with van der Waals surface area (Å²) in [7, 11) is 0. The number of hydrogen-bond donors (Lipinski definition) is 2. The first-order valence-corrected chi connectivity index (χ1v) is 7.64. The number of nitrogen functional groups attached to an aromatic ring is 1. The molecule has 4 nitrogen and oxygen atoms in total. The van der Waals surface area contributed by atoms with E-state index in [1.807, 2.05) is 0 Å². The second kappa shape index (κ2) is 9.34. The summed E-state index contributed by atoms with van der Waals surface area (Å²) in [6, 6.07) is 4.21. The van der Waals surface area contributed by atoms with Crippen LogP contribution in [0.3, 0.4) is 0 Å². The summed E-state index contributed by atoms with van der Waals surface area (Å²) in [5.41, 5.74) is 6.05. The van der Waals surface area contributed by atoms with E-state index in [9.17, 15) is 9.18 Å². The van der Waals surface area contributed by atoms with Crippen molar-refractivity contribution in [2.24, 2.45) is 0 Å². The molecule has 0 aliphatic heterocycles. The number of halogens is 1. The first-order valence-electron chi connectivity index (χ1n) is 7.64. The van der Waals surface area contributed by atoms with Crippen molar-refractivity contribution >= 4 is 17.3 Å². The number of nitrogens with zero attached hydrogens (tertiary/aromatic N) is 1. The highest BCUT2D eigenvalue weighted by atomic mass is 19.1. The minimum absolute atomic E-state index is 0.0459. The van der Waals surface area contributed by atoms with Gasteiger partial charge in [-0.2, -0.15) is 0 Å². The Morgan fingerprint density at radius 1 is 1.29 bits per heavy atom. The van der Waals surface area contributed by atoms with E-state index in [1.165, 1.54) is 31.0 Å². The fourth-order valence-electron chi connectivity index (χ4n) is 2.12. The standard InChI is InChI=1S/C16H26FN3O/c1-3-5-10-20(4-2)11-6-7-16(21)19-13-8-9-14(17)15(18)12-13/h8-9,12H,3-7,10-11,18H2,1-2H3,(H,19,21). The van der Waals surface area contributed by atoms with Crippen LogP contribution in [0.1, 0.15) is 39.5 Å². The summed E-state index contributed by atoms with van der Waals surface area (Å²) in [6.07, 6.45) is 3.65. The second-order valence-corrected chi connectivity index (χ2v) is 5.18. The molecule has 5 heteroatoms. The number of benzene rings is 1. The first-order chi connectivity index (χ1) is 10.1. The third-order valence-corrected chi connectivity index (χ3v) is 3.43. The predicted molar refractivity (Wildman–Crippen MR) is 85.7 cm³/mol. The summed E-state index contributed by atoms with van der Waals surface area (Å²) < 4.78 is 13.0. The van der Waals surface area contributed by atoms with E-state index < -0.39 is 5.82 Å². The molecule has 0 saturated heterocycles. The molecule has 1 aromatic rings. The van der Waals surface area contributed by atoms with Crippen molar-refractivity contribution in [3.63, 3.8) is 0 Å². The fourth-order valence-corrected chi connectivity index (χ4v) is 2.12. The van der Waals surface area contributed by atoms with Gasteiger partial charge in [0.2, 0.25) is 5.91 Å². The lowest BCUT2D eigenvalue weighted by atomic mass is 10.2. The lowest BCUT2D eigenvalue weighted by molar-refractivity contribution is -0.116. The van der Waals surface area contributed by atoms with Gasteiger partial charge < -0.3 is 16.0 Å². The summed E-state index contributed by atoms with van der Waals surface area (Å²) >= 11 is 0. The lowest BCUT2D eigenvalue weighted by Crippen LogP contribution is -2.26. The third-order valence-electron chi connectivity index (χ3n) is 3.43. The van der Waals surface area contributed by atoms with Crippen LogP contribution in [0.2, 0.25) is 0 Å². The average molecular weight is 295 g/mol. The number of nitrogens with one attached hydrogen (secondary N) is 1. The topological polar surface area (TPSA) is 58.4 Å². The number of anilines is 2. The molecule has 0 aliphatic carbocycles. The van der Waals surface area contributed by atoms with Gasteiger partial charge in [0.1, 0.15) is 5.82 Å². The number of rotatable bonds is 9. The SMILES string of the molecule is CCCCN(CC)CCCC(=O)Nc1ccc(F)c(N)c1. The van der Waals surface area contributed by atoms with E-state index in [2.05, 4.69) is 24.1 Å². The van der Waals surface area contributed by atoms with Gasteiger partial charge in [0, 0.05) is 12.1 Å². The van der Waals surface area contributed by atoms with Gasteiger partial charge in [-0.3, -0.25) is 4.79 Å². The molecule has 0 spiro atoms. The largest absolute Gasteiger partial charge is 0.396 e. The molecule has 0 unspecified atom stereocenters. The van der Waals surface area contributed by atoms with Crippen LogP contribution in [0.15, 0.2) is 18.2 Å². The molecule has 1 aromatic carbocycles. The van der Waals surface area contributed by atoms with Crippen LogP contribution in [0.5, 0.6) is 0 Å². The molecule has 118 valence electrons. The van der Waals surface area contributed by atoms with Gasteiger partial charge in [-0.1, -0.05) is 20.3 Å². The van der Waals surface area contributed by atoms with E-state index >= 15 is 0 Å². The number of nitrogens with two attached hydrogens (primary N) is 1. The Bertz CT molecular complexity index is 451. The van der Waals surface area contributed by atoms with Crippen LogP contribution >= 0.6 is 0 Å². The van der Waals surface area contributed by atoms with Gasteiger partial charge in [0.25, 0.3) is 0 Å². The summed E-state index contributed by atoms with van der Waals surface area (Å²) in [6.45, 7) is 7.33. The Kier molecular flexibility index (Phi) is 7.75. The monoisotopic (exact) mass is 295 g/mol. The molecule has 21 heavy (non-hydrogen) atoms. The van der Waals surface area contributed by atoms with E-state index in [-0.39, 0.29) is 11.6 Å². The molecule has 0 aliphatic rings. The molecule has 1 rings (SSSR count). The van der Waals surface area contributed by atoms with Crippen LogP contribution in [0.25, 0.3) is 0 Å². The molecule has 0 heterocycles. The van der Waals surface area contributed by atoms with Crippen LogP contribution < -0.4 is 11.1 Å². The number of amides is 1. The maximum Gasteiger partial charge on any atom is 0.224 e. The Labute approximate surface area is 126 Å². The third kappa shape index (κ3) is 6.58. The Morgan fingerprint density at radius 3 is 2.62 bits per heavy atom. The van der Waals surface area contributed by atoms with Crippen molar-refractivity contribution in [3.8, 4) is 0 Å². The van der Waals surface area contributed by atoms with E-state index in [1.54, 1.807) is 0 Å². The second-order valence-electron chi connectivity index (χ2n) is 5.18. The van der Waals surface area contributed by atoms with Gasteiger partial charge >= 0.3 is 0 Å². The molecule has 0 saturated carbocycles. The van der Waals surface area contributed by atoms with E-state index in [0.717, 1.165) is 26.1 Å². The number of hydrogen-bond acceptors (Lipinski definition) is 3. The molecule has 0 radical (unpaired) electrons. The van der Waals surface area contributed by atoms with Crippen molar-refractivity contribution in [1.82, 2.24) is 4.90 Å². The first kappa shape index (κ1) is 17.4. The maximum atomic E-state index is 13.0. The Hall–Kier alpha value is -1.62. The molecule has 0 fully saturated rings. The highest BCUT2D eigenvalue weighted by molar-refractivity contribution is 5.91. The Morgan fingerprint density at radius 2 is 2.00 bits per heavy atom. The van der Waals surface area contributed by atoms with Gasteiger partial charge in [0.05, 0.1) is 5.69 Å².